The summed E-state index contributed by atoms with van der Waals surface area (Å²) in [6, 6.07) is 13.2. The zero-order valence-corrected chi connectivity index (χ0v) is 13.6. The molecule has 0 atom stereocenters. The second kappa shape index (κ2) is 8.44. The molecule has 0 aromatic heterocycles. The van der Waals surface area contributed by atoms with Crippen molar-refractivity contribution in [2.24, 2.45) is 0 Å². The molecule has 0 amide bonds. The molecular weight excluding hydrogens is 337 g/mol. The molecule has 23 heavy (non-hydrogen) atoms. The Morgan fingerprint density at radius 1 is 1.26 bits per heavy atom. The van der Waals surface area contributed by atoms with E-state index in [1.54, 1.807) is 11.8 Å². The molecule has 8 heteroatoms. The number of thiocarbonyl (C=S) groups is 1. The molecule has 0 aliphatic rings. The largest absolute Gasteiger partial charge is 0.362 e. The van der Waals surface area contributed by atoms with E-state index in [0.29, 0.717) is 6.54 Å². The quantitative estimate of drug-likeness (QED) is 0.271. The second-order valence-corrected chi connectivity index (χ2v) is 6.04. The number of nitrogens with one attached hydrogen (secondary N) is 2. The van der Waals surface area contributed by atoms with Gasteiger partial charge in [0.05, 0.1) is 10.6 Å². The first-order valence-corrected chi connectivity index (χ1v) is 8.12. The van der Waals surface area contributed by atoms with Crippen LogP contribution in [-0.4, -0.2) is 22.3 Å². The van der Waals surface area contributed by atoms with Crippen LogP contribution < -0.4 is 10.6 Å². The van der Waals surface area contributed by atoms with Crippen LogP contribution in [0.5, 0.6) is 0 Å². The van der Waals surface area contributed by atoms with Gasteiger partial charge in [0.25, 0.3) is 5.69 Å². The van der Waals surface area contributed by atoms with E-state index in [2.05, 4.69) is 10.6 Å². The highest BCUT2D eigenvalue weighted by Crippen LogP contribution is 2.21. The Bertz CT molecular complexity index is 698. The Morgan fingerprint density at radius 2 is 2.00 bits per heavy atom. The van der Waals surface area contributed by atoms with E-state index < -0.39 is 10.7 Å². The van der Waals surface area contributed by atoms with Crippen LogP contribution in [0.4, 0.5) is 15.8 Å². The summed E-state index contributed by atoms with van der Waals surface area (Å²) in [6.07, 6.45) is 0. The minimum atomic E-state index is -0.599. The van der Waals surface area contributed by atoms with Gasteiger partial charge >= 0.3 is 0 Å². The number of benzene rings is 2. The standard InChI is InChI=1S/C15H14FN3O2S2/c16-13-7-6-11(19(20)21)10-14(13)18-15(22)17-8-9-23-12-4-2-1-3-5-12/h1-7,10H,8-9H2,(H2,17,18,22). The zero-order chi connectivity index (χ0) is 16.7. The molecule has 0 fully saturated rings. The van der Waals surface area contributed by atoms with E-state index in [9.17, 15) is 14.5 Å². The van der Waals surface area contributed by atoms with E-state index in [-0.39, 0.29) is 16.5 Å². The Morgan fingerprint density at radius 3 is 2.70 bits per heavy atom. The SMILES string of the molecule is O=[N+]([O-])c1ccc(F)c(NC(=S)NCCSc2ccccc2)c1. The van der Waals surface area contributed by atoms with Crippen LogP contribution >= 0.6 is 24.0 Å². The van der Waals surface area contributed by atoms with Gasteiger partial charge in [0.15, 0.2) is 5.11 Å². The van der Waals surface area contributed by atoms with Crippen LogP contribution in [0.3, 0.4) is 0 Å². The van der Waals surface area contributed by atoms with Crippen molar-refractivity contribution < 1.29 is 9.31 Å². The molecule has 2 N–H and O–H groups in total. The maximum atomic E-state index is 13.6. The Balaban J connectivity index is 1.81. The number of anilines is 1. The number of hydrogen-bond acceptors (Lipinski definition) is 4. The van der Waals surface area contributed by atoms with Crippen LogP contribution in [0.1, 0.15) is 0 Å². The molecule has 120 valence electrons. The smallest absolute Gasteiger partial charge is 0.271 e. The number of nitrogens with zero attached hydrogens (tertiary/aromatic N) is 1. The van der Waals surface area contributed by atoms with Gasteiger partial charge in [-0.05, 0) is 30.4 Å². The molecule has 0 bridgehead atoms. The van der Waals surface area contributed by atoms with Crippen molar-refractivity contribution in [2.45, 2.75) is 4.90 Å². The number of thioether (sulfide) groups is 1. The molecule has 0 unspecified atom stereocenters. The molecule has 0 saturated carbocycles. The number of rotatable bonds is 6. The molecule has 2 rings (SSSR count). The third-order valence-corrected chi connectivity index (χ3v) is 4.07. The summed E-state index contributed by atoms with van der Waals surface area (Å²) in [7, 11) is 0. The highest BCUT2D eigenvalue weighted by molar-refractivity contribution is 7.99. The highest BCUT2D eigenvalue weighted by atomic mass is 32.2. The van der Waals surface area contributed by atoms with E-state index in [0.717, 1.165) is 28.8 Å². The normalized spacial score (nSPS) is 10.1. The summed E-state index contributed by atoms with van der Waals surface area (Å²) in [4.78, 5) is 11.3. The fourth-order valence-corrected chi connectivity index (χ4v) is 2.74. The van der Waals surface area contributed by atoms with E-state index >= 15 is 0 Å². The van der Waals surface area contributed by atoms with Crippen LogP contribution in [0.25, 0.3) is 0 Å². The fraction of sp³-hybridized carbons (Fsp3) is 0.133. The van der Waals surface area contributed by atoms with Crippen molar-refractivity contribution in [1.29, 1.82) is 0 Å². The Hall–Kier alpha value is -2.19. The van der Waals surface area contributed by atoms with Gasteiger partial charge in [-0.25, -0.2) is 4.39 Å². The van der Waals surface area contributed by atoms with Gasteiger partial charge in [0.2, 0.25) is 0 Å². The summed E-state index contributed by atoms with van der Waals surface area (Å²) in [5, 5.41) is 16.5. The lowest BCUT2D eigenvalue weighted by molar-refractivity contribution is -0.384. The molecule has 2 aromatic rings. The maximum absolute atomic E-state index is 13.6. The van der Waals surface area contributed by atoms with Crippen LogP contribution in [0, 0.1) is 15.9 Å². The summed E-state index contributed by atoms with van der Waals surface area (Å²) >= 11 is 6.73. The summed E-state index contributed by atoms with van der Waals surface area (Å²) in [5.41, 5.74) is -0.219. The van der Waals surface area contributed by atoms with Crippen LogP contribution in [0.15, 0.2) is 53.4 Å². The molecule has 5 nitrogen and oxygen atoms in total. The number of hydrogen-bond donors (Lipinski definition) is 2. The topological polar surface area (TPSA) is 67.2 Å². The van der Waals surface area contributed by atoms with Crippen molar-refractivity contribution in [2.75, 3.05) is 17.6 Å². The van der Waals surface area contributed by atoms with Crippen LogP contribution in [-0.2, 0) is 0 Å². The first kappa shape index (κ1) is 17.2. The zero-order valence-electron chi connectivity index (χ0n) is 12.0. The number of nitro benzene ring substituents is 1. The number of nitro groups is 1. The molecular formula is C15H14FN3O2S2. The van der Waals surface area contributed by atoms with Crippen molar-refractivity contribution in [3.05, 3.63) is 64.5 Å². The lowest BCUT2D eigenvalue weighted by atomic mass is 10.2. The summed E-state index contributed by atoms with van der Waals surface area (Å²) in [5.74, 6) is 0.182. The van der Waals surface area contributed by atoms with E-state index in [1.165, 1.54) is 0 Å². The van der Waals surface area contributed by atoms with E-state index in [4.69, 9.17) is 12.2 Å². The van der Waals surface area contributed by atoms with Gasteiger partial charge in [-0.1, -0.05) is 18.2 Å². The third-order valence-electron chi connectivity index (χ3n) is 2.81. The first-order chi connectivity index (χ1) is 11.1. The van der Waals surface area contributed by atoms with Crippen molar-refractivity contribution in [1.82, 2.24) is 5.32 Å². The monoisotopic (exact) mass is 351 g/mol. The second-order valence-electron chi connectivity index (χ2n) is 4.46. The lowest BCUT2D eigenvalue weighted by Gasteiger charge is -2.11. The maximum Gasteiger partial charge on any atom is 0.271 e. The van der Waals surface area contributed by atoms with Gasteiger partial charge in [-0.15, -0.1) is 11.8 Å². The van der Waals surface area contributed by atoms with Gasteiger partial charge in [0, 0.05) is 29.3 Å². The minimum Gasteiger partial charge on any atom is -0.362 e. The lowest BCUT2D eigenvalue weighted by Crippen LogP contribution is -2.30. The van der Waals surface area contributed by atoms with Crippen LogP contribution in [0.2, 0.25) is 0 Å². The fourth-order valence-electron chi connectivity index (χ4n) is 1.74. The Labute approximate surface area is 142 Å². The van der Waals surface area contributed by atoms with Crippen molar-refractivity contribution >= 4 is 40.5 Å². The summed E-state index contributed by atoms with van der Waals surface area (Å²) < 4.78 is 13.6. The van der Waals surface area contributed by atoms with Gasteiger partial charge < -0.3 is 10.6 Å². The predicted molar refractivity (Wildman–Crippen MR) is 94.4 cm³/mol. The van der Waals surface area contributed by atoms with Gasteiger partial charge in [0.1, 0.15) is 5.82 Å². The Kier molecular flexibility index (Phi) is 6.30. The first-order valence-electron chi connectivity index (χ1n) is 6.73. The average Bonchev–Trinajstić information content (AvgIpc) is 2.54. The molecule has 2 aromatic carbocycles. The average molecular weight is 351 g/mol. The summed E-state index contributed by atoms with van der Waals surface area (Å²) in [6.45, 7) is 0.585. The highest BCUT2D eigenvalue weighted by Gasteiger charge is 2.11. The number of non-ortho nitro benzene ring substituents is 1. The van der Waals surface area contributed by atoms with Gasteiger partial charge in [-0.2, -0.15) is 0 Å². The molecule has 0 saturated heterocycles. The van der Waals surface area contributed by atoms with Crippen molar-refractivity contribution in [3.8, 4) is 0 Å². The predicted octanol–water partition coefficient (Wildman–Crippen LogP) is 3.81. The molecule has 0 spiro atoms. The number of halogens is 1. The van der Waals surface area contributed by atoms with E-state index in [1.807, 2.05) is 30.3 Å². The van der Waals surface area contributed by atoms with Crippen molar-refractivity contribution in [3.63, 3.8) is 0 Å². The molecule has 0 aliphatic carbocycles. The van der Waals surface area contributed by atoms with Gasteiger partial charge in [-0.3, -0.25) is 10.1 Å². The molecule has 0 aliphatic heterocycles. The minimum absolute atomic E-state index is 0.0209. The molecule has 0 radical (unpaired) electrons. The molecule has 0 heterocycles. The third kappa shape index (κ3) is 5.50.